The van der Waals surface area contributed by atoms with Gasteiger partial charge < -0.3 is 14.5 Å². The second-order valence-corrected chi connectivity index (χ2v) is 6.31. The number of fused-ring (bicyclic) bond motifs is 1. The summed E-state index contributed by atoms with van der Waals surface area (Å²) in [4.78, 5) is 14.8. The van der Waals surface area contributed by atoms with Crippen molar-refractivity contribution in [1.29, 1.82) is 0 Å². The maximum absolute atomic E-state index is 12.6. The van der Waals surface area contributed by atoms with E-state index in [0.29, 0.717) is 34.4 Å². The summed E-state index contributed by atoms with van der Waals surface area (Å²) >= 11 is 0.384. The van der Waals surface area contributed by atoms with Gasteiger partial charge in [0.05, 0.1) is 26.0 Å². The Bertz CT molecular complexity index is 930. The van der Waals surface area contributed by atoms with E-state index in [9.17, 15) is 18.0 Å². The maximum Gasteiger partial charge on any atom is 0.427 e. The number of methoxy groups -OCH3 is 1. The van der Waals surface area contributed by atoms with Crippen LogP contribution in [0.25, 0.3) is 11.0 Å². The zero-order chi connectivity index (χ0) is 18.2. The number of nitrogens with zero attached hydrogens (tertiary/aromatic N) is 1. The molecule has 5 nitrogen and oxygen atoms in total. The van der Waals surface area contributed by atoms with Crippen molar-refractivity contribution in [3.63, 3.8) is 0 Å². The molecule has 0 aliphatic carbocycles. The zero-order valence-corrected chi connectivity index (χ0v) is 14.0. The molecule has 1 amide bonds. The van der Waals surface area contributed by atoms with Crippen molar-refractivity contribution < 1.29 is 27.1 Å². The number of anilines is 1. The van der Waals surface area contributed by atoms with Crippen LogP contribution in [0.2, 0.25) is 0 Å². The topological polar surface area (TPSA) is 64.4 Å². The van der Waals surface area contributed by atoms with Gasteiger partial charge in [0.2, 0.25) is 5.91 Å². The van der Waals surface area contributed by atoms with E-state index in [4.69, 9.17) is 9.15 Å². The van der Waals surface area contributed by atoms with Gasteiger partial charge in [-0.3, -0.25) is 4.79 Å². The van der Waals surface area contributed by atoms with Crippen LogP contribution in [0.15, 0.2) is 29.0 Å². The minimum absolute atomic E-state index is 0.0420. The normalized spacial score (nSPS) is 11.7. The Balaban J connectivity index is 1.76. The summed E-state index contributed by atoms with van der Waals surface area (Å²) in [5.41, 5.74) is 2.04. The van der Waals surface area contributed by atoms with E-state index >= 15 is 0 Å². The van der Waals surface area contributed by atoms with Gasteiger partial charge in [-0.2, -0.15) is 13.2 Å². The lowest BCUT2D eigenvalue weighted by molar-refractivity contribution is -0.134. The molecule has 0 fully saturated rings. The molecule has 3 rings (SSSR count). The summed E-state index contributed by atoms with van der Waals surface area (Å²) in [6, 6.07) is 3.55. The summed E-state index contributed by atoms with van der Waals surface area (Å²) in [5, 5.41) is 3.04. The van der Waals surface area contributed by atoms with E-state index in [2.05, 4.69) is 10.3 Å². The molecule has 0 aliphatic heterocycles. The van der Waals surface area contributed by atoms with Gasteiger partial charge in [0, 0.05) is 16.5 Å². The molecule has 0 atom stereocenters. The van der Waals surface area contributed by atoms with Crippen LogP contribution < -0.4 is 10.1 Å². The van der Waals surface area contributed by atoms with Gasteiger partial charge >= 0.3 is 6.18 Å². The number of thiazole rings is 1. The van der Waals surface area contributed by atoms with Gasteiger partial charge in [0.1, 0.15) is 16.2 Å². The number of rotatable bonds is 4. The van der Waals surface area contributed by atoms with Crippen LogP contribution in [-0.2, 0) is 17.4 Å². The Morgan fingerprint density at radius 2 is 2.16 bits per heavy atom. The van der Waals surface area contributed by atoms with Gasteiger partial charge in [-0.15, -0.1) is 0 Å². The SMILES string of the molecule is COc1ccc2c(CC(=O)Nc3ncc(C(F)(F)F)s3)coc2c1C. The van der Waals surface area contributed by atoms with Crippen molar-refractivity contribution in [3.8, 4) is 5.75 Å². The lowest BCUT2D eigenvalue weighted by Gasteiger charge is -2.05. The van der Waals surface area contributed by atoms with Crippen molar-refractivity contribution >= 4 is 33.3 Å². The van der Waals surface area contributed by atoms with Gasteiger partial charge in [0.25, 0.3) is 0 Å². The summed E-state index contributed by atoms with van der Waals surface area (Å²) < 4.78 is 48.4. The van der Waals surface area contributed by atoms with E-state index in [1.54, 1.807) is 19.2 Å². The number of furan rings is 1. The molecule has 132 valence electrons. The van der Waals surface area contributed by atoms with E-state index < -0.39 is 17.0 Å². The molecule has 25 heavy (non-hydrogen) atoms. The number of nitrogens with one attached hydrogen (secondary N) is 1. The van der Waals surface area contributed by atoms with Crippen LogP contribution in [-0.4, -0.2) is 18.0 Å². The largest absolute Gasteiger partial charge is 0.496 e. The summed E-state index contributed by atoms with van der Waals surface area (Å²) in [7, 11) is 1.55. The molecule has 1 N–H and O–H groups in total. The van der Waals surface area contributed by atoms with Crippen LogP contribution in [0.1, 0.15) is 16.0 Å². The van der Waals surface area contributed by atoms with Crippen molar-refractivity contribution in [2.24, 2.45) is 0 Å². The minimum atomic E-state index is -4.47. The highest BCUT2D eigenvalue weighted by Gasteiger charge is 2.33. The Morgan fingerprint density at radius 3 is 2.80 bits per heavy atom. The quantitative estimate of drug-likeness (QED) is 0.739. The van der Waals surface area contributed by atoms with Gasteiger partial charge in [-0.05, 0) is 19.1 Å². The molecule has 0 bridgehead atoms. The molecular formula is C16H13F3N2O3S. The van der Waals surface area contributed by atoms with E-state index in [0.717, 1.165) is 10.9 Å². The Morgan fingerprint density at radius 1 is 1.40 bits per heavy atom. The fourth-order valence-corrected chi connectivity index (χ4v) is 3.13. The van der Waals surface area contributed by atoms with Crippen LogP contribution in [0, 0.1) is 6.92 Å². The van der Waals surface area contributed by atoms with E-state index in [1.165, 1.54) is 6.26 Å². The molecule has 3 aromatic rings. The molecule has 1 aromatic carbocycles. The molecule has 0 saturated carbocycles. The summed E-state index contributed by atoms with van der Waals surface area (Å²) in [5.74, 6) is 0.194. The second kappa shape index (κ2) is 6.40. The Hall–Kier alpha value is -2.55. The number of carbonyl (C=O) groups excluding carboxylic acids is 1. The minimum Gasteiger partial charge on any atom is -0.496 e. The molecule has 0 aliphatic rings. The predicted octanol–water partition coefficient (Wildman–Crippen LogP) is 4.41. The van der Waals surface area contributed by atoms with Crippen molar-refractivity contribution in [3.05, 3.63) is 40.6 Å². The molecular weight excluding hydrogens is 357 g/mol. The molecule has 0 spiro atoms. The van der Waals surface area contributed by atoms with Gasteiger partial charge in [-0.25, -0.2) is 4.98 Å². The number of carbonyl (C=O) groups is 1. The Kier molecular flexibility index (Phi) is 4.42. The first-order valence-electron chi connectivity index (χ1n) is 7.16. The first-order chi connectivity index (χ1) is 11.8. The smallest absolute Gasteiger partial charge is 0.427 e. The number of alkyl halides is 3. The van der Waals surface area contributed by atoms with Crippen LogP contribution in [0.3, 0.4) is 0 Å². The van der Waals surface area contributed by atoms with Crippen molar-refractivity contribution in [2.75, 3.05) is 12.4 Å². The van der Waals surface area contributed by atoms with E-state index in [-0.39, 0.29) is 11.6 Å². The fourth-order valence-electron chi connectivity index (χ4n) is 2.43. The number of benzene rings is 1. The number of amides is 1. The molecule has 9 heteroatoms. The first-order valence-corrected chi connectivity index (χ1v) is 7.97. The third-order valence-electron chi connectivity index (χ3n) is 3.62. The molecule has 0 unspecified atom stereocenters. The fraction of sp³-hybridized carbons (Fsp3) is 0.250. The van der Waals surface area contributed by atoms with Crippen LogP contribution in [0.4, 0.5) is 18.3 Å². The standard InChI is InChI=1S/C16H13F3N2O3S/c1-8-11(23-2)4-3-10-9(7-24-14(8)10)5-13(22)21-15-20-6-12(25-15)16(17,18)19/h3-4,6-7H,5H2,1-2H3,(H,20,21,22). The Labute approximate surface area is 144 Å². The number of halogens is 3. The molecule has 2 heterocycles. The van der Waals surface area contributed by atoms with Crippen LogP contribution in [0.5, 0.6) is 5.75 Å². The maximum atomic E-state index is 12.6. The monoisotopic (exact) mass is 370 g/mol. The van der Waals surface area contributed by atoms with E-state index in [1.807, 2.05) is 6.92 Å². The van der Waals surface area contributed by atoms with Crippen LogP contribution >= 0.6 is 11.3 Å². The number of hydrogen-bond acceptors (Lipinski definition) is 5. The number of aryl methyl sites for hydroxylation is 1. The molecule has 0 saturated heterocycles. The lowest BCUT2D eigenvalue weighted by atomic mass is 10.1. The highest BCUT2D eigenvalue weighted by molar-refractivity contribution is 7.15. The summed E-state index contributed by atoms with van der Waals surface area (Å²) in [6.07, 6.45) is -2.36. The molecule has 2 aromatic heterocycles. The third kappa shape index (κ3) is 3.46. The number of ether oxygens (including phenoxy) is 1. The number of aromatic nitrogens is 1. The molecule has 0 radical (unpaired) electrons. The second-order valence-electron chi connectivity index (χ2n) is 5.28. The summed E-state index contributed by atoms with van der Waals surface area (Å²) in [6.45, 7) is 1.84. The predicted molar refractivity (Wildman–Crippen MR) is 87.0 cm³/mol. The van der Waals surface area contributed by atoms with Crippen molar-refractivity contribution in [1.82, 2.24) is 4.98 Å². The van der Waals surface area contributed by atoms with Gasteiger partial charge in [0.15, 0.2) is 5.13 Å². The highest BCUT2D eigenvalue weighted by Crippen LogP contribution is 2.35. The number of hydrogen-bond donors (Lipinski definition) is 1. The average Bonchev–Trinajstić information content (AvgIpc) is 3.15. The lowest BCUT2D eigenvalue weighted by Crippen LogP contribution is -2.13. The average molecular weight is 370 g/mol. The van der Waals surface area contributed by atoms with Gasteiger partial charge in [-0.1, -0.05) is 11.3 Å². The highest BCUT2D eigenvalue weighted by atomic mass is 32.1. The first kappa shape index (κ1) is 17.3. The third-order valence-corrected chi connectivity index (χ3v) is 4.58. The van der Waals surface area contributed by atoms with Crippen molar-refractivity contribution in [2.45, 2.75) is 19.5 Å². The zero-order valence-electron chi connectivity index (χ0n) is 13.2.